The zero-order valence-corrected chi connectivity index (χ0v) is 12.9. The Kier molecular flexibility index (Phi) is 4.82. The van der Waals surface area contributed by atoms with Crippen LogP contribution in [0.4, 0.5) is 5.69 Å². The first-order valence-electron chi connectivity index (χ1n) is 6.51. The Morgan fingerprint density at radius 3 is 2.81 bits per heavy atom. The van der Waals surface area contributed by atoms with Crippen LogP contribution in [0.5, 0.6) is 0 Å². The van der Waals surface area contributed by atoms with Gasteiger partial charge in [0.05, 0.1) is 9.82 Å². The highest BCUT2D eigenvalue weighted by molar-refractivity contribution is 7.89. The molecule has 9 heteroatoms. The number of hydrogen-bond acceptors (Lipinski definition) is 5. The molecule has 0 aromatic heterocycles. The van der Waals surface area contributed by atoms with Crippen molar-refractivity contribution in [2.75, 3.05) is 6.54 Å². The highest BCUT2D eigenvalue weighted by Gasteiger charge is 2.28. The van der Waals surface area contributed by atoms with E-state index in [-0.39, 0.29) is 22.0 Å². The lowest BCUT2D eigenvalue weighted by atomic mass is 10.0. The van der Waals surface area contributed by atoms with Crippen LogP contribution in [0.15, 0.2) is 23.1 Å². The molecule has 1 heterocycles. The monoisotopic (exact) mass is 333 g/mol. The summed E-state index contributed by atoms with van der Waals surface area (Å²) in [6.07, 6.45) is 1.60. The molecule has 0 saturated carbocycles. The maximum absolute atomic E-state index is 12.3. The quantitative estimate of drug-likeness (QED) is 0.644. The molecule has 0 aliphatic carbocycles. The molecular formula is C12H16ClN3O4S. The number of nitrogens with one attached hydrogen (secondary N) is 2. The van der Waals surface area contributed by atoms with Crippen molar-refractivity contribution < 1.29 is 13.3 Å². The molecule has 0 bridgehead atoms. The molecule has 0 spiro atoms. The lowest BCUT2D eigenvalue weighted by Crippen LogP contribution is -2.51. The van der Waals surface area contributed by atoms with Crippen molar-refractivity contribution in [1.29, 1.82) is 0 Å². The lowest BCUT2D eigenvalue weighted by molar-refractivity contribution is -0.384. The van der Waals surface area contributed by atoms with Gasteiger partial charge in [-0.15, -0.1) is 0 Å². The Bertz CT molecular complexity index is 650. The highest BCUT2D eigenvalue weighted by atomic mass is 35.5. The summed E-state index contributed by atoms with van der Waals surface area (Å²) in [4.78, 5) is 9.98. The zero-order chi connectivity index (χ0) is 15.6. The van der Waals surface area contributed by atoms with Crippen LogP contribution in [0, 0.1) is 10.1 Å². The number of nitro groups is 1. The molecule has 1 aromatic rings. The van der Waals surface area contributed by atoms with E-state index in [1.165, 1.54) is 12.1 Å². The fourth-order valence-corrected chi connectivity index (χ4v) is 3.83. The SMILES string of the molecule is CC1NCCCC1NS(=O)(=O)c1ccc(Cl)c([N+](=O)[O-])c1. The van der Waals surface area contributed by atoms with E-state index < -0.39 is 20.6 Å². The number of rotatable bonds is 4. The highest BCUT2D eigenvalue weighted by Crippen LogP contribution is 2.27. The van der Waals surface area contributed by atoms with Gasteiger partial charge < -0.3 is 5.32 Å². The van der Waals surface area contributed by atoms with E-state index in [4.69, 9.17) is 11.6 Å². The lowest BCUT2D eigenvalue weighted by Gasteiger charge is -2.30. The molecule has 1 aromatic carbocycles. The van der Waals surface area contributed by atoms with Crippen molar-refractivity contribution in [3.63, 3.8) is 0 Å². The van der Waals surface area contributed by atoms with Crippen molar-refractivity contribution in [1.82, 2.24) is 10.0 Å². The van der Waals surface area contributed by atoms with Crippen molar-refractivity contribution >= 4 is 27.3 Å². The van der Waals surface area contributed by atoms with Gasteiger partial charge in [-0.3, -0.25) is 10.1 Å². The first-order valence-corrected chi connectivity index (χ1v) is 8.37. The smallest absolute Gasteiger partial charge is 0.289 e. The molecular weight excluding hydrogens is 318 g/mol. The number of nitro benzene ring substituents is 1. The van der Waals surface area contributed by atoms with Crippen molar-refractivity contribution in [3.05, 3.63) is 33.3 Å². The molecule has 0 radical (unpaired) electrons. The van der Waals surface area contributed by atoms with E-state index in [1.54, 1.807) is 0 Å². The van der Waals surface area contributed by atoms with Crippen molar-refractivity contribution in [2.24, 2.45) is 0 Å². The van der Waals surface area contributed by atoms with Crippen LogP contribution in [-0.2, 0) is 10.0 Å². The van der Waals surface area contributed by atoms with E-state index in [0.29, 0.717) is 0 Å². The van der Waals surface area contributed by atoms with Gasteiger partial charge in [0, 0.05) is 18.2 Å². The first kappa shape index (κ1) is 16.2. The number of hydrogen-bond donors (Lipinski definition) is 2. The molecule has 2 rings (SSSR count). The number of benzene rings is 1. The number of piperidine rings is 1. The second-order valence-corrected chi connectivity index (χ2v) is 7.10. The largest absolute Gasteiger partial charge is 0.313 e. The molecule has 0 amide bonds. The Balaban J connectivity index is 2.27. The summed E-state index contributed by atoms with van der Waals surface area (Å²) in [5.41, 5.74) is -0.422. The first-order chi connectivity index (χ1) is 9.81. The summed E-state index contributed by atoms with van der Waals surface area (Å²) in [6, 6.07) is 3.23. The van der Waals surface area contributed by atoms with Gasteiger partial charge in [0.15, 0.2) is 0 Å². The Labute approximate surface area is 127 Å². The van der Waals surface area contributed by atoms with Crippen LogP contribution >= 0.6 is 11.6 Å². The average molecular weight is 334 g/mol. The molecule has 2 N–H and O–H groups in total. The summed E-state index contributed by atoms with van der Waals surface area (Å²) in [7, 11) is -3.82. The summed E-state index contributed by atoms with van der Waals surface area (Å²) in [5.74, 6) is 0. The van der Waals surface area contributed by atoms with Gasteiger partial charge in [-0.1, -0.05) is 11.6 Å². The predicted molar refractivity (Wildman–Crippen MR) is 78.9 cm³/mol. The third-order valence-electron chi connectivity index (χ3n) is 3.49. The van der Waals surface area contributed by atoms with E-state index in [0.717, 1.165) is 25.5 Å². The van der Waals surface area contributed by atoms with Crippen molar-refractivity contribution in [3.8, 4) is 0 Å². The average Bonchev–Trinajstić information content (AvgIpc) is 2.41. The summed E-state index contributed by atoms with van der Waals surface area (Å²) in [5, 5.41) is 13.9. The van der Waals surface area contributed by atoms with Gasteiger partial charge in [-0.2, -0.15) is 0 Å². The fraction of sp³-hybridized carbons (Fsp3) is 0.500. The number of nitrogens with zero attached hydrogens (tertiary/aromatic N) is 1. The zero-order valence-electron chi connectivity index (χ0n) is 11.4. The Morgan fingerprint density at radius 1 is 1.48 bits per heavy atom. The molecule has 7 nitrogen and oxygen atoms in total. The second kappa shape index (κ2) is 6.27. The van der Waals surface area contributed by atoms with Crippen LogP contribution < -0.4 is 10.0 Å². The Morgan fingerprint density at radius 2 is 2.19 bits per heavy atom. The van der Waals surface area contributed by atoms with Crippen molar-refractivity contribution in [2.45, 2.75) is 36.7 Å². The second-order valence-electron chi connectivity index (χ2n) is 4.98. The molecule has 1 aliphatic rings. The molecule has 2 atom stereocenters. The van der Waals surface area contributed by atoms with Gasteiger partial charge in [0.2, 0.25) is 10.0 Å². The minimum absolute atomic E-state index is 0.0100. The minimum Gasteiger partial charge on any atom is -0.313 e. The summed E-state index contributed by atoms with van der Waals surface area (Å²) >= 11 is 5.69. The molecule has 1 aliphatic heterocycles. The van der Waals surface area contributed by atoms with Crippen LogP contribution in [-0.4, -0.2) is 32.0 Å². The van der Waals surface area contributed by atoms with Gasteiger partial charge >= 0.3 is 0 Å². The van der Waals surface area contributed by atoms with E-state index in [9.17, 15) is 18.5 Å². The maximum atomic E-state index is 12.3. The van der Waals surface area contributed by atoms with Crippen LogP contribution in [0.3, 0.4) is 0 Å². The van der Waals surface area contributed by atoms with Crippen LogP contribution in [0.25, 0.3) is 0 Å². The van der Waals surface area contributed by atoms with E-state index >= 15 is 0 Å². The number of halogens is 1. The molecule has 1 fully saturated rings. The van der Waals surface area contributed by atoms with Gasteiger partial charge in [0.25, 0.3) is 5.69 Å². The molecule has 116 valence electrons. The minimum atomic E-state index is -3.82. The van der Waals surface area contributed by atoms with Gasteiger partial charge in [-0.25, -0.2) is 13.1 Å². The molecule has 21 heavy (non-hydrogen) atoms. The van der Waals surface area contributed by atoms with Crippen LogP contribution in [0.1, 0.15) is 19.8 Å². The normalized spacial score (nSPS) is 23.0. The standard InChI is InChI=1S/C12H16ClN3O4S/c1-8-11(3-2-6-14-8)15-21(19,20)9-4-5-10(13)12(7-9)16(17)18/h4-5,7-8,11,14-15H,2-3,6H2,1H3. The van der Waals surface area contributed by atoms with Gasteiger partial charge in [-0.05, 0) is 38.4 Å². The molecule has 2 unspecified atom stereocenters. The maximum Gasteiger partial charge on any atom is 0.289 e. The van der Waals surface area contributed by atoms with E-state index in [2.05, 4.69) is 10.0 Å². The van der Waals surface area contributed by atoms with E-state index in [1.807, 2.05) is 6.92 Å². The third kappa shape index (κ3) is 3.70. The fourth-order valence-electron chi connectivity index (χ4n) is 2.27. The third-order valence-corrected chi connectivity index (χ3v) is 5.30. The van der Waals surface area contributed by atoms with Crippen LogP contribution in [0.2, 0.25) is 5.02 Å². The summed E-state index contributed by atoms with van der Waals surface area (Å²) in [6.45, 7) is 2.75. The molecule has 1 saturated heterocycles. The summed E-state index contributed by atoms with van der Waals surface area (Å²) < 4.78 is 27.2. The topological polar surface area (TPSA) is 101 Å². The Hall–Kier alpha value is -1.22. The number of sulfonamides is 1. The van der Waals surface area contributed by atoms with Gasteiger partial charge in [0.1, 0.15) is 5.02 Å². The predicted octanol–water partition coefficient (Wildman–Crippen LogP) is 1.67.